The molecule has 0 heterocycles. The van der Waals surface area contributed by atoms with Crippen LogP contribution in [0.3, 0.4) is 0 Å². The van der Waals surface area contributed by atoms with Gasteiger partial charge in [0.15, 0.2) is 11.6 Å². The van der Waals surface area contributed by atoms with Gasteiger partial charge >= 0.3 is 16.3 Å². The molecule has 0 aromatic heterocycles. The van der Waals surface area contributed by atoms with E-state index in [1.807, 2.05) is 0 Å². The van der Waals surface area contributed by atoms with Crippen LogP contribution in [0.4, 0.5) is 17.6 Å². The van der Waals surface area contributed by atoms with Crippen molar-refractivity contribution in [1.29, 1.82) is 0 Å². The van der Waals surface area contributed by atoms with Crippen LogP contribution in [0.15, 0.2) is 53.4 Å². The van der Waals surface area contributed by atoms with Gasteiger partial charge in [0, 0.05) is 0 Å². The smallest absolute Gasteiger partial charge is 0.376 e. The summed E-state index contributed by atoms with van der Waals surface area (Å²) in [4.78, 5) is -0.708. The van der Waals surface area contributed by atoms with E-state index in [-0.39, 0.29) is 0 Å². The Labute approximate surface area is 117 Å². The summed E-state index contributed by atoms with van der Waals surface area (Å²) in [5, 5.41) is 0. The van der Waals surface area contributed by atoms with Gasteiger partial charge in [-0.2, -0.15) is 21.6 Å². The standard InChI is InChI=1S/C13H8F4O3S/c14-11-6-1-2-7-12(11)20-21(18,19)10-5-3-4-9(8-10)13(15,16)17/h1-8H. The third kappa shape index (κ3) is 3.52. The maximum absolute atomic E-state index is 13.3. The van der Waals surface area contributed by atoms with Crippen LogP contribution in [0.1, 0.15) is 5.56 Å². The van der Waals surface area contributed by atoms with Crippen LogP contribution in [0.25, 0.3) is 0 Å². The lowest BCUT2D eigenvalue weighted by Crippen LogP contribution is -2.12. The van der Waals surface area contributed by atoms with E-state index in [0.717, 1.165) is 30.3 Å². The fourth-order valence-corrected chi connectivity index (χ4v) is 2.49. The molecule has 2 rings (SSSR count). The van der Waals surface area contributed by atoms with Crippen LogP contribution in [0.2, 0.25) is 0 Å². The van der Waals surface area contributed by atoms with E-state index in [1.165, 1.54) is 12.1 Å². The second-order valence-electron chi connectivity index (χ2n) is 3.99. The molecule has 112 valence electrons. The highest BCUT2D eigenvalue weighted by Crippen LogP contribution is 2.31. The van der Waals surface area contributed by atoms with Gasteiger partial charge in [-0.25, -0.2) is 4.39 Å². The summed E-state index contributed by atoms with van der Waals surface area (Å²) in [7, 11) is -4.56. The number of halogens is 4. The fraction of sp³-hybridized carbons (Fsp3) is 0.0769. The molecule has 0 radical (unpaired) electrons. The fourth-order valence-electron chi connectivity index (χ4n) is 1.51. The SMILES string of the molecule is O=S(=O)(Oc1ccccc1F)c1cccc(C(F)(F)F)c1. The second-order valence-corrected chi connectivity index (χ2v) is 5.54. The summed E-state index contributed by atoms with van der Waals surface area (Å²) < 4.78 is 79.3. The highest BCUT2D eigenvalue weighted by Gasteiger charge is 2.32. The van der Waals surface area contributed by atoms with E-state index in [4.69, 9.17) is 0 Å². The molecule has 0 aliphatic rings. The molecule has 0 atom stereocenters. The molecule has 8 heteroatoms. The highest BCUT2D eigenvalue weighted by molar-refractivity contribution is 7.87. The van der Waals surface area contributed by atoms with Gasteiger partial charge in [0.05, 0.1) is 5.56 Å². The summed E-state index contributed by atoms with van der Waals surface area (Å²) >= 11 is 0. The molecule has 0 aliphatic heterocycles. The monoisotopic (exact) mass is 320 g/mol. The van der Waals surface area contributed by atoms with E-state index < -0.39 is 38.3 Å². The van der Waals surface area contributed by atoms with Crippen LogP contribution in [0.5, 0.6) is 5.75 Å². The normalized spacial score (nSPS) is 12.2. The molecular formula is C13H8F4O3S. The summed E-state index contributed by atoms with van der Waals surface area (Å²) in [5.74, 6) is -1.53. The summed E-state index contributed by atoms with van der Waals surface area (Å²) in [6, 6.07) is 7.70. The first-order chi connectivity index (χ1) is 9.70. The Morgan fingerprint density at radius 1 is 0.952 bits per heavy atom. The van der Waals surface area contributed by atoms with Crippen molar-refractivity contribution in [1.82, 2.24) is 0 Å². The molecule has 0 saturated carbocycles. The lowest BCUT2D eigenvalue weighted by Gasteiger charge is -2.10. The Hall–Kier alpha value is -2.09. The molecule has 0 spiro atoms. The zero-order valence-corrected chi connectivity index (χ0v) is 11.1. The van der Waals surface area contributed by atoms with Gasteiger partial charge < -0.3 is 4.18 Å². The Bertz CT molecular complexity index is 754. The van der Waals surface area contributed by atoms with Crippen LogP contribution in [-0.2, 0) is 16.3 Å². The molecule has 0 saturated heterocycles. The van der Waals surface area contributed by atoms with Gasteiger partial charge in [0.1, 0.15) is 4.90 Å². The minimum Gasteiger partial charge on any atom is -0.376 e. The molecule has 21 heavy (non-hydrogen) atoms. The molecule has 2 aromatic carbocycles. The van der Waals surface area contributed by atoms with Gasteiger partial charge in [0.2, 0.25) is 0 Å². The Morgan fingerprint density at radius 3 is 2.24 bits per heavy atom. The minimum atomic E-state index is -4.69. The first-order valence-corrected chi connectivity index (χ1v) is 6.97. The quantitative estimate of drug-likeness (QED) is 0.641. The van der Waals surface area contributed by atoms with Crippen LogP contribution < -0.4 is 4.18 Å². The van der Waals surface area contributed by atoms with Crippen LogP contribution in [0, 0.1) is 5.82 Å². The average Bonchev–Trinajstić information content (AvgIpc) is 2.40. The largest absolute Gasteiger partial charge is 0.416 e. The van der Waals surface area contributed by atoms with Gasteiger partial charge in [-0.1, -0.05) is 18.2 Å². The van der Waals surface area contributed by atoms with Crippen molar-refractivity contribution >= 4 is 10.1 Å². The van der Waals surface area contributed by atoms with E-state index in [1.54, 1.807) is 0 Å². The molecule has 2 aromatic rings. The Morgan fingerprint density at radius 2 is 1.62 bits per heavy atom. The molecule has 0 bridgehead atoms. The molecule has 0 amide bonds. The van der Waals surface area contributed by atoms with E-state index in [9.17, 15) is 26.0 Å². The van der Waals surface area contributed by atoms with Crippen molar-refractivity contribution in [2.45, 2.75) is 11.1 Å². The topological polar surface area (TPSA) is 43.4 Å². The molecule has 0 N–H and O–H groups in total. The number of para-hydroxylation sites is 1. The molecule has 0 aliphatic carbocycles. The van der Waals surface area contributed by atoms with Crippen molar-refractivity contribution in [3.05, 3.63) is 59.9 Å². The van der Waals surface area contributed by atoms with Gasteiger partial charge in [-0.05, 0) is 30.3 Å². The maximum Gasteiger partial charge on any atom is 0.416 e. The van der Waals surface area contributed by atoms with Gasteiger partial charge in [0.25, 0.3) is 0 Å². The van der Waals surface area contributed by atoms with Crippen molar-refractivity contribution in [3.63, 3.8) is 0 Å². The van der Waals surface area contributed by atoms with Gasteiger partial charge in [-0.15, -0.1) is 0 Å². The molecule has 0 fully saturated rings. The van der Waals surface area contributed by atoms with Crippen LogP contribution in [-0.4, -0.2) is 8.42 Å². The second kappa shape index (κ2) is 5.36. The zero-order valence-electron chi connectivity index (χ0n) is 10.3. The van der Waals surface area contributed by atoms with Crippen molar-refractivity contribution in [2.75, 3.05) is 0 Å². The summed E-state index contributed by atoms with van der Waals surface area (Å²) in [6.07, 6.45) is -4.69. The molecule has 0 unspecified atom stereocenters. The number of rotatable bonds is 3. The summed E-state index contributed by atoms with van der Waals surface area (Å²) in [6.45, 7) is 0. The highest BCUT2D eigenvalue weighted by atomic mass is 32.2. The molecular weight excluding hydrogens is 312 g/mol. The number of hydrogen-bond acceptors (Lipinski definition) is 3. The van der Waals surface area contributed by atoms with E-state index >= 15 is 0 Å². The number of benzene rings is 2. The van der Waals surface area contributed by atoms with E-state index in [2.05, 4.69) is 4.18 Å². The number of alkyl halides is 3. The zero-order chi connectivity index (χ0) is 15.7. The third-order valence-electron chi connectivity index (χ3n) is 2.49. The first kappa shape index (κ1) is 15.3. The van der Waals surface area contributed by atoms with Crippen LogP contribution >= 0.6 is 0 Å². The summed E-state index contributed by atoms with van der Waals surface area (Å²) in [5.41, 5.74) is -1.14. The molecule has 3 nitrogen and oxygen atoms in total. The lowest BCUT2D eigenvalue weighted by molar-refractivity contribution is -0.137. The lowest BCUT2D eigenvalue weighted by atomic mass is 10.2. The van der Waals surface area contributed by atoms with Crippen molar-refractivity contribution < 1.29 is 30.2 Å². The van der Waals surface area contributed by atoms with Crippen molar-refractivity contribution in [3.8, 4) is 5.75 Å². The van der Waals surface area contributed by atoms with Gasteiger partial charge in [-0.3, -0.25) is 0 Å². The third-order valence-corrected chi connectivity index (χ3v) is 3.72. The Balaban J connectivity index is 2.39. The average molecular weight is 320 g/mol. The minimum absolute atomic E-state index is 0.427. The number of hydrogen-bond donors (Lipinski definition) is 0. The Kier molecular flexibility index (Phi) is 3.91. The van der Waals surface area contributed by atoms with Crippen molar-refractivity contribution in [2.24, 2.45) is 0 Å². The predicted molar refractivity (Wildman–Crippen MR) is 65.7 cm³/mol. The van der Waals surface area contributed by atoms with E-state index in [0.29, 0.717) is 6.07 Å². The first-order valence-electron chi connectivity index (χ1n) is 5.56. The predicted octanol–water partition coefficient (Wildman–Crippen LogP) is 3.61. The maximum atomic E-state index is 13.3.